The molecular formula is C20H20I3NO6. The number of aromatic hydroxyl groups is 1. The Balaban J connectivity index is 2.18. The number of phenols is 1. The van der Waals surface area contributed by atoms with E-state index in [9.17, 15) is 19.8 Å². The number of benzene rings is 2. The smallest absolute Gasteiger partial charge is 0.408 e. The molecule has 1 amide bonds. The zero-order chi connectivity index (χ0) is 22.6. The molecule has 2 aromatic rings. The largest absolute Gasteiger partial charge is 0.507 e. The van der Waals surface area contributed by atoms with Crippen molar-refractivity contribution in [3.8, 4) is 17.2 Å². The minimum atomic E-state index is -1.15. The number of amides is 1. The number of hydrogen-bond donors (Lipinski definition) is 3. The first-order valence-electron chi connectivity index (χ1n) is 8.72. The van der Waals surface area contributed by atoms with Crippen LogP contribution in [0.4, 0.5) is 4.79 Å². The molecule has 0 aliphatic rings. The highest BCUT2D eigenvalue weighted by Gasteiger charge is 2.25. The molecule has 0 aromatic heterocycles. The first-order chi connectivity index (χ1) is 13.9. The zero-order valence-corrected chi connectivity index (χ0v) is 22.8. The van der Waals surface area contributed by atoms with E-state index in [-0.39, 0.29) is 12.2 Å². The van der Waals surface area contributed by atoms with Gasteiger partial charge in [0.1, 0.15) is 23.1 Å². The zero-order valence-electron chi connectivity index (χ0n) is 16.3. The number of halogens is 3. The van der Waals surface area contributed by atoms with Gasteiger partial charge in [0.05, 0.1) is 10.7 Å². The highest BCUT2D eigenvalue weighted by molar-refractivity contribution is 14.1. The van der Waals surface area contributed by atoms with Gasteiger partial charge in [-0.15, -0.1) is 0 Å². The molecule has 0 radical (unpaired) electrons. The Labute approximate surface area is 215 Å². The van der Waals surface area contributed by atoms with Crippen LogP contribution < -0.4 is 10.1 Å². The number of carbonyl (C=O) groups is 2. The van der Waals surface area contributed by atoms with E-state index in [4.69, 9.17) is 9.47 Å². The summed E-state index contributed by atoms with van der Waals surface area (Å²) in [5.74, 6) is 0.244. The summed E-state index contributed by atoms with van der Waals surface area (Å²) < 4.78 is 13.4. The average Bonchev–Trinajstić information content (AvgIpc) is 2.59. The number of alkyl carbamates (subject to hydrolysis) is 1. The van der Waals surface area contributed by atoms with E-state index in [1.165, 1.54) is 0 Å². The van der Waals surface area contributed by atoms with Crippen LogP contribution >= 0.6 is 67.8 Å². The van der Waals surface area contributed by atoms with Crippen molar-refractivity contribution >= 4 is 79.8 Å². The lowest BCUT2D eigenvalue weighted by Gasteiger charge is -2.22. The third kappa shape index (κ3) is 7.59. The van der Waals surface area contributed by atoms with Crippen molar-refractivity contribution in [1.29, 1.82) is 0 Å². The Morgan fingerprint density at radius 1 is 1.07 bits per heavy atom. The second-order valence-corrected chi connectivity index (χ2v) is 10.8. The highest BCUT2D eigenvalue weighted by atomic mass is 127. The highest BCUT2D eigenvalue weighted by Crippen LogP contribution is 2.35. The third-order valence-corrected chi connectivity index (χ3v) is 6.09. The quantitative estimate of drug-likeness (QED) is 0.337. The van der Waals surface area contributed by atoms with Crippen molar-refractivity contribution < 1.29 is 29.3 Å². The summed E-state index contributed by atoms with van der Waals surface area (Å²) in [5, 5.41) is 21.6. The normalized spacial score (nSPS) is 12.2. The van der Waals surface area contributed by atoms with E-state index >= 15 is 0 Å². The summed E-state index contributed by atoms with van der Waals surface area (Å²) in [7, 11) is 0. The number of rotatable bonds is 6. The molecule has 0 saturated heterocycles. The van der Waals surface area contributed by atoms with E-state index in [1.54, 1.807) is 39.0 Å². The van der Waals surface area contributed by atoms with Gasteiger partial charge in [-0.25, -0.2) is 9.59 Å². The van der Waals surface area contributed by atoms with Gasteiger partial charge in [0.2, 0.25) is 0 Å². The van der Waals surface area contributed by atoms with Crippen molar-refractivity contribution in [2.75, 3.05) is 0 Å². The van der Waals surface area contributed by atoms with Gasteiger partial charge in [-0.1, -0.05) is 0 Å². The molecule has 3 N–H and O–H groups in total. The van der Waals surface area contributed by atoms with Gasteiger partial charge in [-0.05, 0) is 124 Å². The number of carbonyl (C=O) groups excluding carboxylic acids is 1. The first kappa shape index (κ1) is 25.2. The molecule has 10 heteroatoms. The fraction of sp³-hybridized carbons (Fsp3) is 0.300. The molecule has 1 atom stereocenters. The molecule has 0 saturated carbocycles. The minimum absolute atomic E-state index is 0.0952. The van der Waals surface area contributed by atoms with Gasteiger partial charge >= 0.3 is 12.1 Å². The van der Waals surface area contributed by atoms with Crippen LogP contribution in [-0.2, 0) is 16.0 Å². The molecule has 2 rings (SSSR count). The fourth-order valence-electron chi connectivity index (χ4n) is 2.38. The van der Waals surface area contributed by atoms with E-state index in [0.29, 0.717) is 15.1 Å². The van der Waals surface area contributed by atoms with E-state index in [0.717, 1.165) is 12.7 Å². The average molecular weight is 751 g/mol. The lowest BCUT2D eigenvalue weighted by atomic mass is 10.1. The van der Waals surface area contributed by atoms with E-state index in [1.807, 2.05) is 34.7 Å². The van der Waals surface area contributed by atoms with Gasteiger partial charge in [0.15, 0.2) is 5.75 Å². The van der Waals surface area contributed by atoms with Crippen LogP contribution in [-0.4, -0.2) is 33.9 Å². The summed E-state index contributed by atoms with van der Waals surface area (Å²) >= 11 is 6.26. The number of carboxylic acid groups (broad SMARTS) is 1. The second kappa shape index (κ2) is 10.5. The van der Waals surface area contributed by atoms with Gasteiger partial charge in [0.25, 0.3) is 0 Å². The molecule has 2 aromatic carbocycles. The lowest BCUT2D eigenvalue weighted by Crippen LogP contribution is -2.44. The SMILES string of the molecule is CC(C)(C)OC(=O)N[C@H](Cc1cc(I)c(Oc2ccc(O)c(I)c2)c(I)c1)C(=O)O. The molecule has 0 fully saturated rings. The number of carboxylic acids is 1. The lowest BCUT2D eigenvalue weighted by molar-refractivity contribution is -0.139. The van der Waals surface area contributed by atoms with Gasteiger partial charge in [-0.3, -0.25) is 0 Å². The number of ether oxygens (including phenoxy) is 2. The Morgan fingerprint density at radius 2 is 1.67 bits per heavy atom. The number of nitrogens with one attached hydrogen (secondary N) is 1. The van der Waals surface area contributed by atoms with Crippen molar-refractivity contribution in [3.63, 3.8) is 0 Å². The maximum atomic E-state index is 12.0. The Bertz CT molecular complexity index is 935. The molecule has 0 unspecified atom stereocenters. The van der Waals surface area contributed by atoms with Crippen LogP contribution in [0.25, 0.3) is 0 Å². The third-order valence-electron chi connectivity index (χ3n) is 3.63. The molecule has 0 spiro atoms. The minimum Gasteiger partial charge on any atom is -0.507 e. The maximum absolute atomic E-state index is 12.0. The van der Waals surface area contributed by atoms with Gasteiger partial charge in [-0.2, -0.15) is 0 Å². The predicted octanol–water partition coefficient (Wildman–Crippen LogP) is 5.52. The molecule has 0 aliphatic carbocycles. The molecule has 162 valence electrons. The van der Waals surface area contributed by atoms with Crippen LogP contribution in [0, 0.1) is 10.7 Å². The second-order valence-electron chi connectivity index (χ2n) is 7.35. The van der Waals surface area contributed by atoms with Crippen molar-refractivity contribution in [1.82, 2.24) is 5.32 Å². The summed E-state index contributed by atoms with van der Waals surface area (Å²) in [6, 6.07) is 7.46. The maximum Gasteiger partial charge on any atom is 0.408 e. The van der Waals surface area contributed by atoms with Crippen molar-refractivity contribution in [2.45, 2.75) is 38.8 Å². The van der Waals surface area contributed by atoms with Crippen LogP contribution in [0.2, 0.25) is 0 Å². The Hall–Kier alpha value is -1.03. The van der Waals surface area contributed by atoms with Gasteiger partial charge in [0, 0.05) is 6.42 Å². The summed E-state index contributed by atoms with van der Waals surface area (Å²) in [6.45, 7) is 5.13. The Morgan fingerprint density at radius 3 is 2.17 bits per heavy atom. The molecule has 30 heavy (non-hydrogen) atoms. The number of phenolic OH excluding ortho intramolecular Hbond substituents is 1. The van der Waals surface area contributed by atoms with E-state index in [2.05, 4.69) is 50.5 Å². The molecule has 0 heterocycles. The van der Waals surface area contributed by atoms with Gasteiger partial charge < -0.3 is 25.0 Å². The topological polar surface area (TPSA) is 105 Å². The monoisotopic (exact) mass is 751 g/mol. The fourth-order valence-corrected chi connectivity index (χ4v) is 4.99. The molecule has 0 bridgehead atoms. The standard InChI is InChI=1S/C20H20I3NO6/c1-20(2,3)30-19(28)24-15(18(26)27)8-10-6-13(22)17(14(23)7-10)29-11-4-5-16(25)12(21)9-11/h4-7,9,15,25H,8H2,1-3H3,(H,24,28)(H,26,27)/t15-/m1/s1. The molecule has 7 nitrogen and oxygen atoms in total. The van der Waals surface area contributed by atoms with Crippen LogP contribution in [0.5, 0.6) is 17.2 Å². The predicted molar refractivity (Wildman–Crippen MR) is 137 cm³/mol. The van der Waals surface area contributed by atoms with Crippen molar-refractivity contribution in [3.05, 3.63) is 46.6 Å². The van der Waals surface area contributed by atoms with E-state index < -0.39 is 23.7 Å². The Kier molecular flexibility index (Phi) is 8.85. The number of aliphatic carboxylic acids is 1. The summed E-state index contributed by atoms with van der Waals surface area (Å²) in [5.41, 5.74) is 0.0167. The first-order valence-corrected chi connectivity index (χ1v) is 12.0. The molecular weight excluding hydrogens is 731 g/mol. The molecule has 0 aliphatic heterocycles. The van der Waals surface area contributed by atoms with Crippen LogP contribution in [0.1, 0.15) is 26.3 Å². The van der Waals surface area contributed by atoms with Crippen molar-refractivity contribution in [2.24, 2.45) is 0 Å². The summed E-state index contributed by atoms with van der Waals surface area (Å²) in [6.07, 6.45) is -0.681. The van der Waals surface area contributed by atoms with Crippen LogP contribution in [0.15, 0.2) is 30.3 Å². The summed E-state index contributed by atoms with van der Waals surface area (Å²) in [4.78, 5) is 23.6. The number of hydrogen-bond acceptors (Lipinski definition) is 5. The van der Waals surface area contributed by atoms with Crippen LogP contribution in [0.3, 0.4) is 0 Å².